The van der Waals surface area contributed by atoms with Crippen molar-refractivity contribution in [3.8, 4) is 17.2 Å². The maximum absolute atomic E-state index is 12.6. The van der Waals surface area contributed by atoms with Gasteiger partial charge in [0.15, 0.2) is 11.5 Å². The van der Waals surface area contributed by atoms with Crippen LogP contribution in [-0.2, 0) is 15.9 Å². The first kappa shape index (κ1) is 23.1. The molecule has 3 N–H and O–H groups in total. The number of primary amides is 1. The van der Waals surface area contributed by atoms with Crippen LogP contribution >= 0.6 is 11.3 Å². The van der Waals surface area contributed by atoms with Crippen molar-refractivity contribution < 1.29 is 33.3 Å². The molecule has 0 radical (unpaired) electrons. The summed E-state index contributed by atoms with van der Waals surface area (Å²) in [5, 5.41) is 3.91. The normalized spacial score (nSPS) is 16.9. The van der Waals surface area contributed by atoms with Gasteiger partial charge in [0.05, 0.1) is 19.3 Å². The van der Waals surface area contributed by atoms with Gasteiger partial charge in [0, 0.05) is 19.2 Å². The van der Waals surface area contributed by atoms with E-state index < -0.39 is 11.9 Å². The van der Waals surface area contributed by atoms with E-state index in [2.05, 4.69) is 10.2 Å². The SMILES string of the molecule is COCCOC(=O)c1sc(NC2c3c(cc4c(c3OC)OCO4)CCN2C)c(C(N)=O)c1C. The molecule has 10 nitrogen and oxygen atoms in total. The number of carbonyl (C=O) groups excluding carboxylic acids is 2. The van der Waals surface area contributed by atoms with E-state index in [0.717, 1.165) is 35.4 Å². The van der Waals surface area contributed by atoms with Crippen LogP contribution in [0.2, 0.25) is 0 Å². The third kappa shape index (κ3) is 4.19. The molecule has 178 valence electrons. The van der Waals surface area contributed by atoms with Crippen LogP contribution in [0.4, 0.5) is 5.00 Å². The first-order valence-electron chi connectivity index (χ1n) is 10.4. The zero-order valence-electron chi connectivity index (χ0n) is 19.0. The van der Waals surface area contributed by atoms with Gasteiger partial charge in [0.25, 0.3) is 5.91 Å². The summed E-state index contributed by atoms with van der Waals surface area (Å²) in [7, 11) is 5.08. The molecule has 11 heteroatoms. The quantitative estimate of drug-likeness (QED) is 0.436. The lowest BCUT2D eigenvalue weighted by Gasteiger charge is -2.36. The number of thiophene rings is 1. The summed E-state index contributed by atoms with van der Waals surface area (Å²) >= 11 is 1.14. The molecule has 33 heavy (non-hydrogen) atoms. The van der Waals surface area contributed by atoms with Crippen LogP contribution in [0.1, 0.15) is 42.9 Å². The van der Waals surface area contributed by atoms with Gasteiger partial charge in [-0.1, -0.05) is 0 Å². The van der Waals surface area contributed by atoms with Crippen molar-refractivity contribution in [2.24, 2.45) is 5.73 Å². The topological polar surface area (TPSA) is 122 Å². The Labute approximate surface area is 195 Å². The lowest BCUT2D eigenvalue weighted by Crippen LogP contribution is -2.37. The van der Waals surface area contributed by atoms with Gasteiger partial charge < -0.3 is 34.7 Å². The molecule has 1 aromatic heterocycles. The summed E-state index contributed by atoms with van der Waals surface area (Å²) in [6.07, 6.45) is 0.437. The van der Waals surface area contributed by atoms with Gasteiger partial charge in [-0.05, 0) is 37.6 Å². The molecule has 0 saturated carbocycles. The largest absolute Gasteiger partial charge is 0.492 e. The zero-order valence-corrected chi connectivity index (χ0v) is 19.8. The molecule has 4 rings (SSSR count). The Bertz CT molecular complexity index is 1080. The maximum Gasteiger partial charge on any atom is 0.348 e. The van der Waals surface area contributed by atoms with Gasteiger partial charge in [-0.3, -0.25) is 9.69 Å². The van der Waals surface area contributed by atoms with Crippen LogP contribution in [-0.4, -0.2) is 64.6 Å². The van der Waals surface area contributed by atoms with Gasteiger partial charge in [0.2, 0.25) is 12.5 Å². The number of hydrogen-bond donors (Lipinski definition) is 2. The van der Waals surface area contributed by atoms with Crippen LogP contribution in [0.5, 0.6) is 17.2 Å². The molecule has 0 spiro atoms. The average molecular weight is 478 g/mol. The lowest BCUT2D eigenvalue weighted by molar-refractivity contribution is 0.0393. The summed E-state index contributed by atoms with van der Waals surface area (Å²) in [6, 6.07) is 1.97. The number of anilines is 1. The second-order valence-electron chi connectivity index (χ2n) is 7.75. The Hall–Kier alpha value is -3.02. The van der Waals surface area contributed by atoms with Crippen molar-refractivity contribution in [2.45, 2.75) is 19.5 Å². The number of amides is 1. The van der Waals surface area contributed by atoms with E-state index in [4.69, 9.17) is 29.4 Å². The first-order chi connectivity index (χ1) is 15.9. The van der Waals surface area contributed by atoms with E-state index in [9.17, 15) is 9.59 Å². The summed E-state index contributed by atoms with van der Waals surface area (Å²) in [4.78, 5) is 27.3. The highest BCUT2D eigenvalue weighted by molar-refractivity contribution is 7.18. The number of esters is 1. The Morgan fingerprint density at radius 2 is 2.09 bits per heavy atom. The van der Waals surface area contributed by atoms with E-state index in [0.29, 0.717) is 32.7 Å². The summed E-state index contributed by atoms with van der Waals surface area (Å²) in [5.74, 6) is 0.636. The second-order valence-corrected chi connectivity index (χ2v) is 8.77. The van der Waals surface area contributed by atoms with Crippen LogP contribution in [0, 0.1) is 6.92 Å². The molecule has 2 aromatic rings. The highest BCUT2D eigenvalue weighted by Gasteiger charge is 2.35. The van der Waals surface area contributed by atoms with E-state index in [1.54, 1.807) is 14.0 Å². The monoisotopic (exact) mass is 477 g/mol. The van der Waals surface area contributed by atoms with Crippen LogP contribution in [0.25, 0.3) is 0 Å². The zero-order chi connectivity index (χ0) is 23.7. The molecule has 1 unspecified atom stereocenters. The van der Waals surface area contributed by atoms with Crippen molar-refractivity contribution >= 4 is 28.2 Å². The Morgan fingerprint density at radius 1 is 1.30 bits per heavy atom. The number of carbonyl (C=O) groups is 2. The highest BCUT2D eigenvalue weighted by atomic mass is 32.1. The van der Waals surface area contributed by atoms with E-state index in [1.807, 2.05) is 13.1 Å². The molecule has 1 aromatic carbocycles. The van der Waals surface area contributed by atoms with E-state index in [1.165, 1.54) is 7.11 Å². The first-order valence-corrected chi connectivity index (χ1v) is 11.2. The molecule has 0 bridgehead atoms. The van der Waals surface area contributed by atoms with Crippen molar-refractivity contribution in [3.05, 3.63) is 33.2 Å². The highest BCUT2D eigenvalue weighted by Crippen LogP contribution is 2.50. The number of likely N-dealkylation sites (N-methyl/N-ethyl adjacent to an activating group) is 1. The maximum atomic E-state index is 12.6. The molecular weight excluding hydrogens is 450 g/mol. The fourth-order valence-electron chi connectivity index (χ4n) is 4.13. The molecule has 0 saturated heterocycles. The van der Waals surface area contributed by atoms with Gasteiger partial charge in [-0.25, -0.2) is 4.79 Å². The minimum atomic E-state index is -0.626. The standard InChI is InChI=1S/C22H27N3O7S/c1-11-14(19(23)26)21(33-18(11)22(27)30-8-7-28-3)24-20-15-12(5-6-25(20)2)9-13-16(17(15)29-4)32-10-31-13/h9,20,24H,5-8,10H2,1-4H3,(H2,23,26). The molecule has 0 fully saturated rings. The minimum Gasteiger partial charge on any atom is -0.492 e. The third-order valence-corrected chi connectivity index (χ3v) is 6.97. The van der Waals surface area contributed by atoms with Crippen LogP contribution in [0.15, 0.2) is 6.07 Å². The molecule has 2 aliphatic rings. The lowest BCUT2D eigenvalue weighted by atomic mass is 9.95. The predicted molar refractivity (Wildman–Crippen MR) is 122 cm³/mol. The molecule has 0 aliphatic carbocycles. The van der Waals surface area contributed by atoms with E-state index >= 15 is 0 Å². The number of methoxy groups -OCH3 is 2. The number of nitrogens with two attached hydrogens (primary N) is 1. The van der Waals surface area contributed by atoms with Gasteiger partial charge >= 0.3 is 5.97 Å². The van der Waals surface area contributed by atoms with Gasteiger partial charge in [-0.15, -0.1) is 11.3 Å². The minimum absolute atomic E-state index is 0.116. The third-order valence-electron chi connectivity index (χ3n) is 5.76. The number of fused-ring (bicyclic) bond motifs is 2. The molecule has 1 amide bonds. The molecule has 2 aliphatic heterocycles. The van der Waals surface area contributed by atoms with Crippen molar-refractivity contribution in [1.29, 1.82) is 0 Å². The van der Waals surface area contributed by atoms with Gasteiger partial charge in [0.1, 0.15) is 22.7 Å². The number of nitrogens with one attached hydrogen (secondary N) is 1. The summed E-state index contributed by atoms with van der Waals surface area (Å²) in [5.41, 5.74) is 8.38. The fraction of sp³-hybridized carbons (Fsp3) is 0.455. The number of ether oxygens (including phenoxy) is 5. The Balaban J connectivity index is 1.73. The fourth-order valence-corrected chi connectivity index (χ4v) is 5.26. The van der Waals surface area contributed by atoms with Crippen molar-refractivity contribution in [3.63, 3.8) is 0 Å². The van der Waals surface area contributed by atoms with Crippen molar-refractivity contribution in [2.75, 3.05) is 53.1 Å². The van der Waals surface area contributed by atoms with Crippen molar-refractivity contribution in [1.82, 2.24) is 4.90 Å². The average Bonchev–Trinajstić information content (AvgIpc) is 3.38. The van der Waals surface area contributed by atoms with Crippen LogP contribution < -0.4 is 25.3 Å². The Kier molecular flexibility index (Phi) is 6.63. The smallest absolute Gasteiger partial charge is 0.348 e. The van der Waals surface area contributed by atoms with E-state index in [-0.39, 0.29) is 31.7 Å². The summed E-state index contributed by atoms with van der Waals surface area (Å²) < 4.78 is 27.1. The number of nitrogens with zero attached hydrogens (tertiary/aromatic N) is 1. The number of hydrogen-bond acceptors (Lipinski definition) is 10. The summed E-state index contributed by atoms with van der Waals surface area (Å²) in [6.45, 7) is 2.97. The van der Waals surface area contributed by atoms with Crippen LogP contribution in [0.3, 0.4) is 0 Å². The Morgan fingerprint density at radius 3 is 2.79 bits per heavy atom. The number of rotatable bonds is 8. The second kappa shape index (κ2) is 9.46. The predicted octanol–water partition coefficient (Wildman–Crippen LogP) is 2.29. The molecule has 1 atom stereocenters. The molecule has 3 heterocycles. The van der Waals surface area contributed by atoms with Gasteiger partial charge in [-0.2, -0.15) is 0 Å². The molecular formula is C22H27N3O7S. The number of benzene rings is 1.